The minimum atomic E-state index is -0.260. The Morgan fingerprint density at radius 2 is 1.87 bits per heavy atom. The Morgan fingerprint density at radius 3 is 2.60 bits per heavy atom. The zero-order valence-corrected chi connectivity index (χ0v) is 18.7. The Hall–Kier alpha value is -2.38. The second-order valence-electron chi connectivity index (χ2n) is 7.58. The molecule has 162 valence electrons. The van der Waals surface area contributed by atoms with E-state index in [1.165, 1.54) is 16.2 Å². The molecule has 0 unspecified atom stereocenters. The van der Waals surface area contributed by atoms with E-state index in [2.05, 4.69) is 10.6 Å². The average molecular weight is 431 g/mol. The van der Waals surface area contributed by atoms with Crippen molar-refractivity contribution in [3.63, 3.8) is 0 Å². The van der Waals surface area contributed by atoms with Gasteiger partial charge >= 0.3 is 0 Å². The van der Waals surface area contributed by atoms with Crippen LogP contribution < -0.4 is 15.4 Å². The monoisotopic (exact) mass is 430 g/mol. The summed E-state index contributed by atoms with van der Waals surface area (Å²) in [6.45, 7) is 4.96. The van der Waals surface area contributed by atoms with Gasteiger partial charge in [-0.1, -0.05) is 18.2 Å². The number of thiophene rings is 1. The van der Waals surface area contributed by atoms with Crippen LogP contribution in [0.5, 0.6) is 5.75 Å². The van der Waals surface area contributed by atoms with E-state index in [-0.39, 0.29) is 18.4 Å². The summed E-state index contributed by atoms with van der Waals surface area (Å²) in [7, 11) is 1.64. The van der Waals surface area contributed by atoms with E-state index in [0.29, 0.717) is 23.7 Å². The lowest BCUT2D eigenvalue weighted by molar-refractivity contribution is -0.118. The molecule has 0 fully saturated rings. The summed E-state index contributed by atoms with van der Waals surface area (Å²) in [5.41, 5.74) is 3.69. The minimum Gasteiger partial charge on any atom is -0.483 e. The zero-order chi connectivity index (χ0) is 21.5. The summed E-state index contributed by atoms with van der Waals surface area (Å²) in [6, 6.07) is 5.88. The maximum absolute atomic E-state index is 12.9. The van der Waals surface area contributed by atoms with E-state index in [9.17, 15) is 9.59 Å². The fourth-order valence-corrected chi connectivity index (χ4v) is 5.03. The van der Waals surface area contributed by atoms with Crippen LogP contribution >= 0.6 is 11.3 Å². The predicted octanol–water partition coefficient (Wildman–Crippen LogP) is 4.03. The van der Waals surface area contributed by atoms with Gasteiger partial charge in [0.25, 0.3) is 11.8 Å². The molecule has 1 aromatic carbocycles. The highest BCUT2D eigenvalue weighted by Crippen LogP contribution is 2.38. The molecule has 0 bridgehead atoms. The first-order valence-corrected chi connectivity index (χ1v) is 11.2. The Morgan fingerprint density at radius 1 is 1.13 bits per heavy atom. The number of nitrogens with one attached hydrogen (secondary N) is 2. The van der Waals surface area contributed by atoms with Crippen molar-refractivity contribution in [2.45, 2.75) is 46.0 Å². The largest absolute Gasteiger partial charge is 0.483 e. The normalized spacial score (nSPS) is 12.9. The molecule has 0 spiro atoms. The van der Waals surface area contributed by atoms with Crippen LogP contribution in [-0.4, -0.2) is 38.7 Å². The summed E-state index contributed by atoms with van der Waals surface area (Å²) < 4.78 is 10.8. The first kappa shape index (κ1) is 22.3. The van der Waals surface area contributed by atoms with Crippen LogP contribution in [0.25, 0.3) is 0 Å². The number of rotatable bonds is 9. The van der Waals surface area contributed by atoms with E-state index >= 15 is 0 Å². The van der Waals surface area contributed by atoms with Gasteiger partial charge in [-0.15, -0.1) is 11.3 Å². The third kappa shape index (κ3) is 5.40. The van der Waals surface area contributed by atoms with Crippen molar-refractivity contribution in [3.05, 3.63) is 45.3 Å². The van der Waals surface area contributed by atoms with Gasteiger partial charge in [0.15, 0.2) is 6.61 Å². The highest BCUT2D eigenvalue weighted by molar-refractivity contribution is 7.17. The number of fused-ring (bicyclic) bond motifs is 1. The van der Waals surface area contributed by atoms with E-state index in [4.69, 9.17) is 9.47 Å². The van der Waals surface area contributed by atoms with Crippen molar-refractivity contribution < 1.29 is 19.1 Å². The quantitative estimate of drug-likeness (QED) is 0.589. The molecule has 1 aliphatic rings. The molecule has 0 radical (unpaired) electrons. The molecule has 1 aromatic heterocycles. The molecular weight excluding hydrogens is 400 g/mol. The maximum Gasteiger partial charge on any atom is 0.262 e. The number of amides is 2. The smallest absolute Gasteiger partial charge is 0.262 e. The lowest BCUT2D eigenvalue weighted by atomic mass is 9.95. The van der Waals surface area contributed by atoms with Crippen LogP contribution in [0.4, 0.5) is 5.00 Å². The highest BCUT2D eigenvalue weighted by atomic mass is 32.1. The molecular formula is C23H30N2O4S. The van der Waals surface area contributed by atoms with Gasteiger partial charge in [-0.3, -0.25) is 9.59 Å². The van der Waals surface area contributed by atoms with Crippen LogP contribution in [0.2, 0.25) is 0 Å². The van der Waals surface area contributed by atoms with Crippen molar-refractivity contribution >= 4 is 28.2 Å². The Bertz CT molecular complexity index is 887. The number of aryl methyl sites for hydroxylation is 3. The molecule has 1 heterocycles. The van der Waals surface area contributed by atoms with Crippen molar-refractivity contribution in [3.8, 4) is 5.75 Å². The minimum absolute atomic E-state index is 0.0941. The van der Waals surface area contributed by atoms with Gasteiger partial charge in [0.1, 0.15) is 10.8 Å². The predicted molar refractivity (Wildman–Crippen MR) is 120 cm³/mol. The van der Waals surface area contributed by atoms with E-state index in [1.807, 2.05) is 32.0 Å². The van der Waals surface area contributed by atoms with Crippen LogP contribution in [-0.2, 0) is 22.4 Å². The number of benzene rings is 1. The second kappa shape index (κ2) is 10.6. The molecule has 0 atom stereocenters. The molecule has 6 nitrogen and oxygen atoms in total. The topological polar surface area (TPSA) is 76.7 Å². The highest BCUT2D eigenvalue weighted by Gasteiger charge is 2.26. The number of carbonyl (C=O) groups excluding carboxylic acids is 2. The number of carbonyl (C=O) groups is 2. The summed E-state index contributed by atoms with van der Waals surface area (Å²) in [5.74, 6) is 0.343. The van der Waals surface area contributed by atoms with Crippen LogP contribution in [0.3, 0.4) is 0 Å². The number of methoxy groups -OCH3 is 1. The van der Waals surface area contributed by atoms with Crippen molar-refractivity contribution in [2.75, 3.05) is 32.2 Å². The zero-order valence-electron chi connectivity index (χ0n) is 17.9. The Kier molecular flexibility index (Phi) is 7.87. The standard InChI is InChI=1S/C23H30N2O4S/c1-15-8-6-9-16(2)21(15)29-14-19(26)25-23-20(22(27)24-12-7-13-28-3)17-10-4-5-11-18(17)30-23/h6,8-9H,4-5,7,10-14H2,1-3H3,(H,24,27)(H,25,26). The van der Waals surface area contributed by atoms with E-state index in [1.54, 1.807) is 7.11 Å². The van der Waals surface area contributed by atoms with Crippen molar-refractivity contribution in [1.82, 2.24) is 5.32 Å². The first-order valence-electron chi connectivity index (χ1n) is 10.4. The number of ether oxygens (including phenoxy) is 2. The lowest BCUT2D eigenvalue weighted by Gasteiger charge is -2.14. The van der Waals surface area contributed by atoms with Crippen LogP contribution in [0, 0.1) is 13.8 Å². The summed E-state index contributed by atoms with van der Waals surface area (Å²) in [5, 5.41) is 6.52. The van der Waals surface area contributed by atoms with Gasteiger partial charge in [-0.25, -0.2) is 0 Å². The SMILES string of the molecule is COCCCNC(=O)c1c(NC(=O)COc2c(C)cccc2C)sc2c1CCCC2. The Labute approximate surface area is 182 Å². The van der Waals surface area contributed by atoms with Gasteiger partial charge in [-0.2, -0.15) is 0 Å². The second-order valence-corrected chi connectivity index (χ2v) is 8.68. The third-order valence-corrected chi connectivity index (χ3v) is 6.43. The molecule has 0 aliphatic heterocycles. The van der Waals surface area contributed by atoms with Gasteiger partial charge in [0.2, 0.25) is 0 Å². The van der Waals surface area contributed by atoms with E-state index in [0.717, 1.165) is 54.5 Å². The van der Waals surface area contributed by atoms with Gasteiger partial charge in [0, 0.05) is 25.1 Å². The molecule has 2 aromatic rings. The molecule has 0 saturated carbocycles. The van der Waals surface area contributed by atoms with E-state index < -0.39 is 0 Å². The number of anilines is 1. The van der Waals surface area contributed by atoms with Gasteiger partial charge in [0.05, 0.1) is 5.56 Å². The molecule has 0 saturated heterocycles. The molecule has 1 aliphatic carbocycles. The molecule has 30 heavy (non-hydrogen) atoms. The summed E-state index contributed by atoms with van der Waals surface area (Å²) >= 11 is 1.52. The molecule has 2 N–H and O–H groups in total. The van der Waals surface area contributed by atoms with Crippen LogP contribution in [0.15, 0.2) is 18.2 Å². The summed E-state index contributed by atoms with van der Waals surface area (Å²) in [4.78, 5) is 26.7. The average Bonchev–Trinajstić information content (AvgIpc) is 3.08. The summed E-state index contributed by atoms with van der Waals surface area (Å²) in [6.07, 6.45) is 4.77. The lowest BCUT2D eigenvalue weighted by Crippen LogP contribution is -2.28. The van der Waals surface area contributed by atoms with Crippen molar-refractivity contribution in [1.29, 1.82) is 0 Å². The number of hydrogen-bond acceptors (Lipinski definition) is 5. The van der Waals surface area contributed by atoms with Crippen molar-refractivity contribution in [2.24, 2.45) is 0 Å². The maximum atomic E-state index is 12.9. The molecule has 3 rings (SSSR count). The molecule has 2 amide bonds. The molecule has 7 heteroatoms. The van der Waals surface area contributed by atoms with Gasteiger partial charge < -0.3 is 20.1 Å². The number of hydrogen-bond donors (Lipinski definition) is 2. The fraction of sp³-hybridized carbons (Fsp3) is 0.478. The third-order valence-electron chi connectivity index (χ3n) is 5.22. The van der Waals surface area contributed by atoms with Gasteiger partial charge in [-0.05, 0) is 62.6 Å². The first-order chi connectivity index (χ1) is 14.5. The van der Waals surface area contributed by atoms with Crippen LogP contribution in [0.1, 0.15) is 51.2 Å². The number of para-hydroxylation sites is 1. The fourth-order valence-electron chi connectivity index (χ4n) is 3.73. The Balaban J connectivity index is 1.70.